The number of β-amino-alcohol motifs (C(OH)–C–C–N with tert-alkyl or cyclic N) is 1. The number of aliphatic hydroxyl groups excluding tert-OH is 1. The monoisotopic (exact) mass is 538 g/mol. The first-order valence-corrected chi connectivity index (χ1v) is 13.9. The number of nitrogens with zero attached hydrogens (tertiary/aromatic N) is 3. The molecule has 7 nitrogen and oxygen atoms in total. The van der Waals surface area contributed by atoms with Gasteiger partial charge in [-0.3, -0.25) is 4.90 Å². The number of likely N-dealkylation sites (N-methyl/N-ethyl adjacent to an activating group) is 1. The van der Waals surface area contributed by atoms with E-state index in [2.05, 4.69) is 65.3 Å². The Bertz CT molecular complexity index is 1330. The van der Waals surface area contributed by atoms with Crippen LogP contribution in [0.1, 0.15) is 29.0 Å². The molecule has 0 unspecified atom stereocenters. The molecule has 2 aliphatic heterocycles. The third-order valence-corrected chi connectivity index (χ3v) is 7.84. The van der Waals surface area contributed by atoms with Gasteiger partial charge in [0.25, 0.3) is 0 Å². The molecule has 2 N–H and O–H groups in total. The van der Waals surface area contributed by atoms with Crippen molar-refractivity contribution < 1.29 is 14.6 Å². The lowest BCUT2D eigenvalue weighted by atomic mass is 9.73. The van der Waals surface area contributed by atoms with E-state index < -0.39 is 6.10 Å². The number of carbonyl (C=O) groups excluding carboxylic acids is 1. The van der Waals surface area contributed by atoms with Gasteiger partial charge in [-0.05, 0) is 74.6 Å². The van der Waals surface area contributed by atoms with Crippen LogP contribution in [0.25, 0.3) is 0 Å². The van der Waals surface area contributed by atoms with Crippen molar-refractivity contribution in [2.75, 3.05) is 52.7 Å². The Morgan fingerprint density at radius 2 is 1.65 bits per heavy atom. The van der Waals surface area contributed by atoms with Crippen LogP contribution in [0.5, 0.6) is 5.75 Å². The summed E-state index contributed by atoms with van der Waals surface area (Å²) in [6.07, 6.45) is 0.0668. The van der Waals surface area contributed by atoms with Gasteiger partial charge in [0, 0.05) is 61.0 Å². The van der Waals surface area contributed by atoms with E-state index in [-0.39, 0.29) is 18.0 Å². The topological polar surface area (TPSA) is 68.3 Å². The van der Waals surface area contributed by atoms with Crippen LogP contribution in [0, 0.1) is 11.8 Å². The highest BCUT2D eigenvalue weighted by Crippen LogP contribution is 2.42. The molecule has 0 aliphatic carbocycles. The van der Waals surface area contributed by atoms with Crippen LogP contribution in [0.15, 0.2) is 78.9 Å². The molecule has 208 valence electrons. The summed E-state index contributed by atoms with van der Waals surface area (Å²) >= 11 is 0. The van der Waals surface area contributed by atoms with Gasteiger partial charge in [-0.15, -0.1) is 0 Å². The number of hydrogen-bond acceptors (Lipinski definition) is 5. The number of methoxy groups -OCH3 is 1. The maximum atomic E-state index is 13.4. The molecular formula is C33H38N4O3. The number of nitrogens with one attached hydrogen (secondary N) is 1. The average Bonchev–Trinajstić information content (AvgIpc) is 2.95. The smallest absolute Gasteiger partial charge is 0.321 e. The van der Waals surface area contributed by atoms with E-state index in [0.29, 0.717) is 31.2 Å². The highest BCUT2D eigenvalue weighted by atomic mass is 16.5. The van der Waals surface area contributed by atoms with Crippen molar-refractivity contribution in [1.82, 2.24) is 14.7 Å². The molecule has 0 aromatic heterocycles. The van der Waals surface area contributed by atoms with Crippen LogP contribution < -0.4 is 10.1 Å². The second kappa shape index (κ2) is 12.6. The van der Waals surface area contributed by atoms with Crippen molar-refractivity contribution in [3.8, 4) is 17.6 Å². The van der Waals surface area contributed by atoms with Gasteiger partial charge in [0.1, 0.15) is 5.75 Å². The minimum absolute atomic E-state index is 0.167. The molecule has 0 radical (unpaired) electrons. The normalized spacial score (nSPS) is 22.7. The second-order valence-corrected chi connectivity index (χ2v) is 10.9. The maximum Gasteiger partial charge on any atom is 0.321 e. The quantitative estimate of drug-likeness (QED) is 0.479. The Morgan fingerprint density at radius 3 is 2.30 bits per heavy atom. The van der Waals surface area contributed by atoms with Crippen LogP contribution in [-0.2, 0) is 0 Å². The Kier molecular flexibility index (Phi) is 8.71. The van der Waals surface area contributed by atoms with E-state index in [1.807, 2.05) is 54.6 Å². The zero-order chi connectivity index (χ0) is 28.1. The number of anilines is 1. The summed E-state index contributed by atoms with van der Waals surface area (Å²) in [7, 11) is 5.81. The zero-order valence-electron chi connectivity index (χ0n) is 23.5. The molecule has 0 spiro atoms. The first-order valence-electron chi connectivity index (χ1n) is 13.9. The largest absolute Gasteiger partial charge is 0.497 e. The van der Waals surface area contributed by atoms with Gasteiger partial charge in [-0.2, -0.15) is 0 Å². The molecule has 2 heterocycles. The molecule has 4 atom stereocenters. The molecular weight excluding hydrogens is 500 g/mol. The number of aliphatic hydroxyl groups is 1. The highest BCUT2D eigenvalue weighted by Gasteiger charge is 2.50. The predicted molar refractivity (Wildman–Crippen MR) is 159 cm³/mol. The fourth-order valence-corrected chi connectivity index (χ4v) is 5.84. The summed E-state index contributed by atoms with van der Waals surface area (Å²) in [5.41, 5.74) is 3.93. The summed E-state index contributed by atoms with van der Waals surface area (Å²) in [6, 6.07) is 26.1. The summed E-state index contributed by atoms with van der Waals surface area (Å²) in [5.74, 6) is 7.51. The van der Waals surface area contributed by atoms with Gasteiger partial charge < -0.3 is 25.0 Å². The number of carbonyl (C=O) groups is 1. The summed E-state index contributed by atoms with van der Waals surface area (Å²) in [4.78, 5) is 19.8. The van der Waals surface area contributed by atoms with Crippen molar-refractivity contribution in [2.24, 2.45) is 0 Å². The van der Waals surface area contributed by atoms with E-state index in [1.54, 1.807) is 12.0 Å². The van der Waals surface area contributed by atoms with Gasteiger partial charge in [-0.25, -0.2) is 4.79 Å². The van der Waals surface area contributed by atoms with Gasteiger partial charge >= 0.3 is 6.03 Å². The van der Waals surface area contributed by atoms with E-state index >= 15 is 0 Å². The van der Waals surface area contributed by atoms with Crippen molar-refractivity contribution in [3.05, 3.63) is 95.6 Å². The lowest BCUT2D eigenvalue weighted by molar-refractivity contribution is -0.0605. The van der Waals surface area contributed by atoms with Crippen molar-refractivity contribution in [2.45, 2.75) is 30.5 Å². The highest BCUT2D eigenvalue weighted by molar-refractivity contribution is 5.89. The molecule has 3 aromatic rings. The lowest BCUT2D eigenvalue weighted by Crippen LogP contribution is -2.69. The maximum absolute atomic E-state index is 13.4. The number of benzene rings is 3. The molecule has 0 saturated carbocycles. The third kappa shape index (κ3) is 6.48. The molecule has 3 aromatic carbocycles. The predicted octanol–water partition coefficient (Wildman–Crippen LogP) is 4.09. The van der Waals surface area contributed by atoms with E-state index in [9.17, 15) is 9.90 Å². The fraction of sp³-hybridized carbons (Fsp3) is 0.364. The molecule has 2 saturated heterocycles. The fourth-order valence-electron chi connectivity index (χ4n) is 5.84. The number of fused-ring (bicyclic) bond motifs is 1. The molecule has 5 rings (SSSR count). The zero-order valence-corrected chi connectivity index (χ0v) is 23.5. The standard InChI is InChI=1S/C33H38N4O3/c1-35(2)22-30-32(26-13-11-25(12-14-26)10-9-24-7-5-4-6-8-24)31-23-36(21-28(38)19-20-37(30)31)33(39)34-27-15-17-29(40-3)18-16-27/h4-8,11-18,28,30-32,38H,19-23H2,1-3H3,(H,34,39)/t28-,30+,31-,32-/m0/s1. The minimum atomic E-state index is -0.566. The van der Waals surface area contributed by atoms with Crippen molar-refractivity contribution >= 4 is 11.7 Å². The first-order chi connectivity index (χ1) is 19.4. The summed E-state index contributed by atoms with van der Waals surface area (Å²) in [6.45, 7) is 2.58. The van der Waals surface area contributed by atoms with Crippen LogP contribution in [-0.4, -0.2) is 91.4 Å². The summed E-state index contributed by atoms with van der Waals surface area (Å²) < 4.78 is 5.23. The number of rotatable bonds is 5. The number of hydrogen-bond donors (Lipinski definition) is 2. The van der Waals surface area contributed by atoms with Gasteiger partial charge in [0.05, 0.1) is 13.2 Å². The van der Waals surface area contributed by atoms with Gasteiger partial charge in [0.2, 0.25) is 0 Å². The summed E-state index contributed by atoms with van der Waals surface area (Å²) in [5, 5.41) is 13.7. The Labute approximate surface area is 237 Å². The number of amides is 2. The van der Waals surface area contributed by atoms with Gasteiger partial charge in [-0.1, -0.05) is 42.2 Å². The molecule has 0 bridgehead atoms. The van der Waals surface area contributed by atoms with E-state index in [1.165, 1.54) is 5.56 Å². The molecule has 7 heteroatoms. The van der Waals surface area contributed by atoms with Crippen molar-refractivity contribution in [3.63, 3.8) is 0 Å². The first kappa shape index (κ1) is 27.7. The van der Waals surface area contributed by atoms with E-state index in [4.69, 9.17) is 4.74 Å². The molecule has 40 heavy (non-hydrogen) atoms. The van der Waals surface area contributed by atoms with Crippen LogP contribution in [0.4, 0.5) is 10.5 Å². The van der Waals surface area contributed by atoms with E-state index in [0.717, 1.165) is 30.0 Å². The van der Waals surface area contributed by atoms with Crippen LogP contribution >= 0.6 is 0 Å². The number of ether oxygens (including phenoxy) is 1. The molecule has 2 fully saturated rings. The second-order valence-electron chi connectivity index (χ2n) is 10.9. The Morgan fingerprint density at radius 1 is 0.975 bits per heavy atom. The van der Waals surface area contributed by atoms with Gasteiger partial charge in [0.15, 0.2) is 0 Å². The molecule has 2 aliphatic rings. The van der Waals surface area contributed by atoms with Crippen LogP contribution in [0.3, 0.4) is 0 Å². The SMILES string of the molecule is COc1ccc(NC(=O)N2C[C@@H](O)CCN3[C@H](CN(C)C)[C@H](c4ccc(C#Cc5ccccc5)cc4)[C@@H]3C2)cc1. The average molecular weight is 539 g/mol. The van der Waals surface area contributed by atoms with Crippen LogP contribution in [0.2, 0.25) is 0 Å². The minimum Gasteiger partial charge on any atom is -0.497 e. The number of urea groups is 1. The third-order valence-electron chi connectivity index (χ3n) is 7.84. The Balaban J connectivity index is 1.35. The lowest BCUT2D eigenvalue weighted by Gasteiger charge is -2.58. The molecule has 2 amide bonds. The van der Waals surface area contributed by atoms with Crippen molar-refractivity contribution in [1.29, 1.82) is 0 Å². The Hall–Kier alpha value is -3.83.